The van der Waals surface area contributed by atoms with Gasteiger partial charge in [0.05, 0.1) is 6.17 Å². The minimum Gasteiger partial charge on any atom is -0.339 e. The van der Waals surface area contributed by atoms with Crippen LogP contribution < -0.4 is 5.32 Å². The van der Waals surface area contributed by atoms with Gasteiger partial charge in [0.15, 0.2) is 11.6 Å². The van der Waals surface area contributed by atoms with Crippen LogP contribution in [0.25, 0.3) is 0 Å². The van der Waals surface area contributed by atoms with Crippen molar-refractivity contribution in [2.24, 2.45) is 0 Å². The van der Waals surface area contributed by atoms with Crippen LogP contribution in [0.15, 0.2) is 0 Å². The molecule has 1 unspecified atom stereocenters. The molecule has 0 saturated heterocycles. The van der Waals surface area contributed by atoms with Crippen LogP contribution in [0.3, 0.4) is 0 Å². The molecule has 1 atom stereocenters. The van der Waals surface area contributed by atoms with Crippen molar-refractivity contribution in [3.8, 4) is 0 Å². The van der Waals surface area contributed by atoms with E-state index >= 15 is 0 Å². The molecule has 11 heteroatoms. The SMILES string of the molecule is CCN(CC)C(C)Nc1nc(C(Cl)(Cl)Cl)nc(C(Cl)(Cl)Cl)n1. The molecule has 22 heavy (non-hydrogen) atoms. The molecular weight excluding hydrogens is 415 g/mol. The Hall–Kier alpha value is 0.510. The first-order valence-electron chi connectivity index (χ1n) is 6.40. The predicted molar refractivity (Wildman–Crippen MR) is 94.3 cm³/mol. The highest BCUT2D eigenvalue weighted by Crippen LogP contribution is 2.40. The average Bonchev–Trinajstić information content (AvgIpc) is 2.37. The normalized spacial score (nSPS) is 14.3. The highest BCUT2D eigenvalue weighted by atomic mass is 35.6. The van der Waals surface area contributed by atoms with Crippen LogP contribution in [0.4, 0.5) is 5.95 Å². The van der Waals surface area contributed by atoms with Crippen molar-refractivity contribution in [3.05, 3.63) is 11.6 Å². The number of alkyl halides is 6. The topological polar surface area (TPSA) is 53.9 Å². The van der Waals surface area contributed by atoms with Gasteiger partial charge in [-0.2, -0.15) is 9.97 Å². The van der Waals surface area contributed by atoms with Crippen molar-refractivity contribution in [1.29, 1.82) is 0 Å². The first-order valence-corrected chi connectivity index (χ1v) is 8.66. The first-order chi connectivity index (χ1) is 9.98. The van der Waals surface area contributed by atoms with Crippen LogP contribution in [0, 0.1) is 0 Å². The van der Waals surface area contributed by atoms with Gasteiger partial charge in [-0.15, -0.1) is 0 Å². The van der Waals surface area contributed by atoms with Crippen LogP contribution in [-0.2, 0) is 7.59 Å². The standard InChI is InChI=1S/C11H15Cl6N5/c1-4-22(5-2)6(3)18-9-20-7(10(12,13)14)19-8(21-9)11(15,16)17/h6H,4-5H2,1-3H3,(H,18,19,20,21). The molecule has 1 rings (SSSR count). The number of aromatic nitrogens is 3. The van der Waals surface area contributed by atoms with Crippen molar-refractivity contribution in [2.45, 2.75) is 34.5 Å². The first kappa shape index (κ1) is 20.6. The Morgan fingerprint density at radius 2 is 1.32 bits per heavy atom. The Bertz CT molecular complexity index is 464. The quantitative estimate of drug-likeness (QED) is 0.546. The number of rotatable bonds is 5. The van der Waals surface area contributed by atoms with E-state index in [0.29, 0.717) is 0 Å². The highest BCUT2D eigenvalue weighted by Gasteiger charge is 2.34. The Morgan fingerprint density at radius 3 is 1.64 bits per heavy atom. The summed E-state index contributed by atoms with van der Waals surface area (Å²) in [4.78, 5) is 14.2. The summed E-state index contributed by atoms with van der Waals surface area (Å²) < 4.78 is -3.72. The second-order valence-electron chi connectivity index (χ2n) is 4.34. The van der Waals surface area contributed by atoms with Crippen molar-refractivity contribution in [1.82, 2.24) is 19.9 Å². The van der Waals surface area contributed by atoms with Crippen LogP contribution in [-0.4, -0.2) is 39.1 Å². The summed E-state index contributed by atoms with van der Waals surface area (Å²) in [6, 6.07) is 0. The van der Waals surface area contributed by atoms with Crippen molar-refractivity contribution in [3.63, 3.8) is 0 Å². The van der Waals surface area contributed by atoms with Gasteiger partial charge in [0.2, 0.25) is 13.5 Å². The smallest absolute Gasteiger partial charge is 0.250 e. The van der Waals surface area contributed by atoms with Gasteiger partial charge < -0.3 is 5.32 Å². The second kappa shape index (κ2) is 8.06. The molecule has 0 fully saturated rings. The van der Waals surface area contributed by atoms with Crippen molar-refractivity contribution < 1.29 is 0 Å². The molecule has 0 aromatic carbocycles. The summed E-state index contributed by atoms with van der Waals surface area (Å²) in [6.07, 6.45) is -0.0659. The maximum atomic E-state index is 5.82. The van der Waals surface area contributed by atoms with Crippen LogP contribution in [0.5, 0.6) is 0 Å². The van der Waals surface area contributed by atoms with Gasteiger partial charge in [-0.1, -0.05) is 83.5 Å². The fourth-order valence-electron chi connectivity index (χ4n) is 1.74. The van der Waals surface area contributed by atoms with E-state index < -0.39 is 7.59 Å². The lowest BCUT2D eigenvalue weighted by atomic mass is 10.4. The molecule has 126 valence electrons. The molecular formula is C11H15Cl6N5. The lowest BCUT2D eigenvalue weighted by Crippen LogP contribution is -2.39. The predicted octanol–water partition coefficient (Wildman–Crippen LogP) is 4.62. The van der Waals surface area contributed by atoms with E-state index in [1.807, 2.05) is 20.8 Å². The molecule has 0 saturated carbocycles. The molecule has 0 spiro atoms. The molecule has 1 N–H and O–H groups in total. The summed E-state index contributed by atoms with van der Waals surface area (Å²) in [5, 5.41) is 3.08. The molecule has 0 amide bonds. The van der Waals surface area contributed by atoms with Crippen molar-refractivity contribution >= 4 is 75.6 Å². The monoisotopic (exact) mass is 427 g/mol. The van der Waals surface area contributed by atoms with Crippen LogP contribution >= 0.6 is 69.6 Å². The zero-order chi connectivity index (χ0) is 17.1. The highest BCUT2D eigenvalue weighted by molar-refractivity contribution is 6.67. The van der Waals surface area contributed by atoms with E-state index in [2.05, 4.69) is 25.2 Å². The van der Waals surface area contributed by atoms with E-state index in [-0.39, 0.29) is 23.8 Å². The maximum Gasteiger partial charge on any atom is 0.250 e. The molecule has 0 radical (unpaired) electrons. The number of halogens is 6. The molecule has 1 heterocycles. The van der Waals surface area contributed by atoms with E-state index in [0.717, 1.165) is 13.1 Å². The molecule has 1 aromatic heterocycles. The van der Waals surface area contributed by atoms with Gasteiger partial charge in [-0.3, -0.25) is 4.90 Å². The fraction of sp³-hybridized carbons (Fsp3) is 0.727. The summed E-state index contributed by atoms with van der Waals surface area (Å²) in [7, 11) is 0. The lowest BCUT2D eigenvalue weighted by molar-refractivity contribution is 0.252. The molecule has 5 nitrogen and oxygen atoms in total. The minimum atomic E-state index is -1.86. The van der Waals surface area contributed by atoms with Crippen LogP contribution in [0.1, 0.15) is 32.4 Å². The molecule has 0 aliphatic rings. The van der Waals surface area contributed by atoms with Crippen LogP contribution in [0.2, 0.25) is 0 Å². The number of anilines is 1. The van der Waals surface area contributed by atoms with Crippen molar-refractivity contribution in [2.75, 3.05) is 18.4 Å². The second-order valence-corrected chi connectivity index (χ2v) is 8.91. The van der Waals surface area contributed by atoms with Gasteiger partial charge >= 0.3 is 0 Å². The fourth-order valence-corrected chi connectivity index (χ4v) is 2.25. The molecule has 1 aromatic rings. The Morgan fingerprint density at radius 1 is 0.909 bits per heavy atom. The number of nitrogens with one attached hydrogen (secondary N) is 1. The largest absolute Gasteiger partial charge is 0.339 e. The summed E-state index contributed by atoms with van der Waals surface area (Å²) in [5.74, 6) is -0.0804. The molecule has 0 aliphatic carbocycles. The van der Waals surface area contributed by atoms with Gasteiger partial charge in [0, 0.05) is 0 Å². The Balaban J connectivity index is 3.19. The van der Waals surface area contributed by atoms with E-state index in [4.69, 9.17) is 69.6 Å². The number of hydrogen-bond acceptors (Lipinski definition) is 5. The summed E-state index contributed by atoms with van der Waals surface area (Å²) in [5.41, 5.74) is 0. The van der Waals surface area contributed by atoms with Gasteiger partial charge in [-0.25, -0.2) is 4.98 Å². The third kappa shape index (κ3) is 5.86. The number of hydrogen-bond donors (Lipinski definition) is 1. The minimum absolute atomic E-state index is 0.0659. The van der Waals surface area contributed by atoms with E-state index in [1.54, 1.807) is 0 Å². The average molecular weight is 430 g/mol. The lowest BCUT2D eigenvalue weighted by Gasteiger charge is -2.27. The Labute approximate surface area is 159 Å². The molecule has 0 bridgehead atoms. The van der Waals surface area contributed by atoms with Gasteiger partial charge in [0.25, 0.3) is 0 Å². The summed E-state index contributed by atoms with van der Waals surface area (Å²) in [6.45, 7) is 7.69. The zero-order valence-corrected chi connectivity index (χ0v) is 16.6. The summed E-state index contributed by atoms with van der Waals surface area (Å²) >= 11 is 34.9. The van der Waals surface area contributed by atoms with Gasteiger partial charge in [-0.05, 0) is 20.0 Å². The Kier molecular flexibility index (Phi) is 7.53. The third-order valence-corrected chi connectivity index (χ3v) is 3.85. The zero-order valence-electron chi connectivity index (χ0n) is 12.0. The third-order valence-electron chi connectivity index (χ3n) is 2.84. The maximum absolute atomic E-state index is 5.82. The number of nitrogens with zero attached hydrogens (tertiary/aromatic N) is 4. The van der Waals surface area contributed by atoms with E-state index in [9.17, 15) is 0 Å². The molecule has 0 aliphatic heterocycles. The van der Waals surface area contributed by atoms with E-state index in [1.165, 1.54) is 0 Å². The van der Waals surface area contributed by atoms with Gasteiger partial charge in [0.1, 0.15) is 0 Å².